The second-order valence-corrected chi connectivity index (χ2v) is 9.81. The Morgan fingerprint density at radius 1 is 0.968 bits per heavy atom. The molecule has 31 heavy (non-hydrogen) atoms. The van der Waals surface area contributed by atoms with Crippen molar-refractivity contribution in [1.82, 2.24) is 34.6 Å². The maximum absolute atomic E-state index is 5.98. The molecule has 3 heterocycles. The molecule has 1 saturated heterocycles. The Morgan fingerprint density at radius 3 is 2.19 bits per heavy atom. The number of anilines is 1. The summed E-state index contributed by atoms with van der Waals surface area (Å²) in [6.45, 7) is 19.9. The van der Waals surface area contributed by atoms with Crippen LogP contribution >= 0.6 is 0 Å². The molecular weight excluding hydrogens is 388 g/mol. The van der Waals surface area contributed by atoms with Gasteiger partial charge in [-0.3, -0.25) is 0 Å². The number of aromatic nitrogens is 4. The van der Waals surface area contributed by atoms with E-state index in [0.717, 1.165) is 55.8 Å². The average Bonchev–Trinajstić information content (AvgIpc) is 3.17. The first-order valence-corrected chi connectivity index (χ1v) is 12.0. The van der Waals surface area contributed by atoms with E-state index in [1.807, 2.05) is 0 Å². The number of aryl methyl sites for hydroxylation is 1. The third-order valence-electron chi connectivity index (χ3n) is 5.89. The van der Waals surface area contributed by atoms with Crippen molar-refractivity contribution in [3.8, 4) is 0 Å². The zero-order valence-corrected chi connectivity index (χ0v) is 20.0. The summed E-state index contributed by atoms with van der Waals surface area (Å²) in [5, 5.41) is 0. The van der Waals surface area contributed by atoms with E-state index in [9.17, 15) is 0 Å². The summed E-state index contributed by atoms with van der Waals surface area (Å²) in [5.74, 6) is 2.76. The van der Waals surface area contributed by atoms with Crippen LogP contribution in [0.2, 0.25) is 0 Å². The Labute approximate surface area is 187 Å². The Balaban J connectivity index is 1.32. The fraction of sp³-hybridized carbons (Fsp3) is 0.783. The zero-order chi connectivity index (χ0) is 22.2. The molecule has 1 aliphatic heterocycles. The largest absolute Gasteiger partial charge is 0.382 e. The van der Waals surface area contributed by atoms with Crippen molar-refractivity contribution in [2.24, 2.45) is 11.8 Å². The maximum Gasteiger partial charge on any atom is 0.163 e. The normalized spacial score (nSPS) is 16.4. The number of aromatic amines is 1. The summed E-state index contributed by atoms with van der Waals surface area (Å²) >= 11 is 0. The van der Waals surface area contributed by atoms with Crippen LogP contribution in [0.15, 0.2) is 6.33 Å². The van der Waals surface area contributed by atoms with Gasteiger partial charge in [-0.2, -0.15) is 0 Å². The lowest BCUT2D eigenvalue weighted by Gasteiger charge is -2.35. The van der Waals surface area contributed by atoms with Crippen LogP contribution in [0.5, 0.6) is 0 Å². The standard InChI is InChI=1S/C23H42N8/c1-18(2)15-31(16-19(3)4)10-6-9-30-13-11-29(12-14-30)8-5-7-20-27-22(24)21-23(28-20)26-17-25-21/h17-19H,5-16H2,1-4H3,(H3,24,25,26,27,28). The lowest BCUT2D eigenvalue weighted by atomic mass is 10.1. The van der Waals surface area contributed by atoms with Gasteiger partial charge in [0.15, 0.2) is 11.5 Å². The number of fused-ring (bicyclic) bond motifs is 1. The van der Waals surface area contributed by atoms with Gasteiger partial charge >= 0.3 is 0 Å². The molecule has 0 aliphatic carbocycles. The summed E-state index contributed by atoms with van der Waals surface area (Å²) in [5.41, 5.74) is 7.38. The lowest BCUT2D eigenvalue weighted by Crippen LogP contribution is -2.47. The second-order valence-electron chi connectivity index (χ2n) is 9.81. The molecule has 2 aromatic rings. The van der Waals surface area contributed by atoms with E-state index in [0.29, 0.717) is 11.3 Å². The third-order valence-corrected chi connectivity index (χ3v) is 5.89. The van der Waals surface area contributed by atoms with Crippen LogP contribution in [0, 0.1) is 11.8 Å². The molecule has 1 fully saturated rings. The van der Waals surface area contributed by atoms with E-state index in [4.69, 9.17) is 5.73 Å². The lowest BCUT2D eigenvalue weighted by molar-refractivity contribution is 0.123. The van der Waals surface area contributed by atoms with Crippen LogP contribution in [0.4, 0.5) is 5.82 Å². The summed E-state index contributed by atoms with van der Waals surface area (Å²) < 4.78 is 0. The van der Waals surface area contributed by atoms with Gasteiger partial charge in [-0.1, -0.05) is 27.7 Å². The highest BCUT2D eigenvalue weighted by molar-refractivity contribution is 5.80. The van der Waals surface area contributed by atoms with Crippen molar-refractivity contribution in [2.45, 2.75) is 47.0 Å². The van der Waals surface area contributed by atoms with Gasteiger partial charge in [-0.05, 0) is 44.3 Å². The number of hydrogen-bond acceptors (Lipinski definition) is 7. The third kappa shape index (κ3) is 7.70. The van der Waals surface area contributed by atoms with Crippen molar-refractivity contribution < 1.29 is 0 Å². The zero-order valence-electron chi connectivity index (χ0n) is 20.0. The van der Waals surface area contributed by atoms with Crippen LogP contribution in [0.3, 0.4) is 0 Å². The predicted molar refractivity (Wildman–Crippen MR) is 128 cm³/mol. The van der Waals surface area contributed by atoms with Crippen LogP contribution < -0.4 is 5.73 Å². The van der Waals surface area contributed by atoms with Crippen LogP contribution in [-0.4, -0.2) is 93.5 Å². The van der Waals surface area contributed by atoms with Crippen LogP contribution in [-0.2, 0) is 6.42 Å². The molecule has 1 aliphatic rings. The summed E-state index contributed by atoms with van der Waals surface area (Å²) in [7, 11) is 0. The van der Waals surface area contributed by atoms with Gasteiger partial charge in [0.05, 0.1) is 6.33 Å². The number of nitrogens with one attached hydrogen (secondary N) is 1. The van der Waals surface area contributed by atoms with E-state index in [1.54, 1.807) is 6.33 Å². The molecule has 0 bridgehead atoms. The minimum atomic E-state index is 0.468. The number of H-pyrrole nitrogens is 1. The van der Waals surface area contributed by atoms with Crippen molar-refractivity contribution in [3.63, 3.8) is 0 Å². The van der Waals surface area contributed by atoms with E-state index in [-0.39, 0.29) is 0 Å². The van der Waals surface area contributed by atoms with E-state index in [1.165, 1.54) is 45.7 Å². The van der Waals surface area contributed by atoms with Gasteiger partial charge in [-0.25, -0.2) is 15.0 Å². The quantitative estimate of drug-likeness (QED) is 0.535. The molecule has 8 heteroatoms. The topological polar surface area (TPSA) is 90.2 Å². The van der Waals surface area contributed by atoms with Gasteiger partial charge in [0, 0.05) is 45.7 Å². The van der Waals surface area contributed by atoms with Crippen LogP contribution in [0.25, 0.3) is 11.2 Å². The monoisotopic (exact) mass is 430 g/mol. The molecule has 8 nitrogen and oxygen atoms in total. The highest BCUT2D eigenvalue weighted by Crippen LogP contribution is 2.14. The molecule has 0 aromatic carbocycles. The fourth-order valence-electron chi connectivity index (χ4n) is 4.52. The first-order chi connectivity index (χ1) is 14.9. The maximum atomic E-state index is 5.98. The summed E-state index contributed by atoms with van der Waals surface area (Å²) in [6.07, 6.45) is 4.79. The molecule has 0 amide bonds. The number of nitrogens with zero attached hydrogens (tertiary/aromatic N) is 6. The number of rotatable bonds is 12. The fourth-order valence-corrected chi connectivity index (χ4v) is 4.52. The molecule has 0 radical (unpaired) electrons. The van der Waals surface area contributed by atoms with Crippen LogP contribution in [0.1, 0.15) is 46.4 Å². The molecule has 3 rings (SSSR count). The predicted octanol–water partition coefficient (Wildman–Crippen LogP) is 2.49. The first-order valence-electron chi connectivity index (χ1n) is 12.0. The highest BCUT2D eigenvalue weighted by Gasteiger charge is 2.17. The molecule has 174 valence electrons. The molecule has 0 atom stereocenters. The SMILES string of the molecule is CC(C)CN(CCCN1CCN(CCCc2nc(N)c3nc[nH]c3n2)CC1)CC(C)C. The number of piperazine rings is 1. The Hall–Kier alpha value is -1.77. The molecule has 0 saturated carbocycles. The van der Waals surface area contributed by atoms with E-state index in [2.05, 4.69) is 62.3 Å². The van der Waals surface area contributed by atoms with Gasteiger partial charge < -0.3 is 25.4 Å². The van der Waals surface area contributed by atoms with Gasteiger partial charge in [0.1, 0.15) is 11.3 Å². The van der Waals surface area contributed by atoms with Crippen molar-refractivity contribution in [3.05, 3.63) is 12.2 Å². The Morgan fingerprint density at radius 2 is 1.58 bits per heavy atom. The number of imidazole rings is 1. The molecule has 3 N–H and O–H groups in total. The van der Waals surface area contributed by atoms with Crippen molar-refractivity contribution in [2.75, 3.05) is 64.6 Å². The van der Waals surface area contributed by atoms with Crippen molar-refractivity contribution in [1.29, 1.82) is 0 Å². The molecule has 0 unspecified atom stereocenters. The Bertz CT molecular complexity index is 769. The second kappa shape index (κ2) is 11.7. The summed E-state index contributed by atoms with van der Waals surface area (Å²) in [4.78, 5) is 24.0. The minimum absolute atomic E-state index is 0.468. The van der Waals surface area contributed by atoms with Gasteiger partial charge in [0.25, 0.3) is 0 Å². The van der Waals surface area contributed by atoms with Gasteiger partial charge in [0.2, 0.25) is 0 Å². The summed E-state index contributed by atoms with van der Waals surface area (Å²) in [6, 6.07) is 0. The Kier molecular flexibility index (Phi) is 9.04. The first kappa shape index (κ1) is 23.9. The molecular formula is C23H42N8. The minimum Gasteiger partial charge on any atom is -0.382 e. The number of hydrogen-bond donors (Lipinski definition) is 2. The average molecular weight is 431 g/mol. The van der Waals surface area contributed by atoms with Gasteiger partial charge in [-0.15, -0.1) is 0 Å². The van der Waals surface area contributed by atoms with Crippen molar-refractivity contribution >= 4 is 17.0 Å². The number of nitrogens with two attached hydrogens (primary N) is 1. The molecule has 0 spiro atoms. The van der Waals surface area contributed by atoms with E-state index < -0.39 is 0 Å². The highest BCUT2D eigenvalue weighted by atomic mass is 15.3. The number of nitrogen functional groups attached to an aromatic ring is 1. The molecule has 2 aromatic heterocycles. The van der Waals surface area contributed by atoms with E-state index >= 15 is 0 Å². The smallest absolute Gasteiger partial charge is 0.163 e.